The second-order valence-corrected chi connectivity index (χ2v) is 18.1. The molecule has 2 aromatic rings. The number of carbonyl (C=O) groups excluding carboxylic acids is 1. The van der Waals surface area contributed by atoms with Crippen LogP contribution in [-0.2, 0) is 8.91 Å². The third-order valence-electron chi connectivity index (χ3n) is 4.80. The monoisotopic (exact) mass is 490 g/mol. The molecule has 0 atom stereocenters. The van der Waals surface area contributed by atoms with Crippen LogP contribution in [0.15, 0.2) is 60.7 Å². The molecule has 0 amide bonds. The molecular formula is C27H46O4Si2. The minimum atomic E-state index is -1.35. The van der Waals surface area contributed by atoms with Gasteiger partial charge in [-0.25, -0.2) is 0 Å². The van der Waals surface area contributed by atoms with Crippen molar-refractivity contribution in [2.75, 3.05) is 7.11 Å². The highest BCUT2D eigenvalue weighted by Gasteiger charge is 2.31. The summed E-state index contributed by atoms with van der Waals surface area (Å²) in [6.45, 7) is 15.5. The molecule has 6 heteroatoms. The fraction of sp³-hybridized carbons (Fsp3) is 0.519. The molecule has 0 radical (unpaired) electrons. The van der Waals surface area contributed by atoms with Gasteiger partial charge in [0.2, 0.25) is 0 Å². The van der Waals surface area contributed by atoms with Crippen molar-refractivity contribution in [3.63, 3.8) is 0 Å². The maximum absolute atomic E-state index is 10.4. The highest BCUT2D eigenvalue weighted by Crippen LogP contribution is 2.24. The SMILES string of the molecule is CC(=O)Oc1ccccc1.CCCC[Si](C)(C)O[Si](C)(C)CCCC.COc1ccccc1. The van der Waals surface area contributed by atoms with Crippen LogP contribution in [0.3, 0.4) is 0 Å². The van der Waals surface area contributed by atoms with Gasteiger partial charge in [0.05, 0.1) is 7.11 Å². The fourth-order valence-electron chi connectivity index (χ4n) is 3.27. The molecule has 0 saturated heterocycles. The van der Waals surface area contributed by atoms with Crippen molar-refractivity contribution < 1.29 is 18.4 Å². The topological polar surface area (TPSA) is 44.8 Å². The number of methoxy groups -OCH3 is 1. The number of carbonyl (C=O) groups is 1. The molecule has 33 heavy (non-hydrogen) atoms. The van der Waals surface area contributed by atoms with E-state index in [0.29, 0.717) is 5.75 Å². The first-order valence-electron chi connectivity index (χ1n) is 12.1. The minimum absolute atomic E-state index is 0.286. The standard InChI is InChI=1S/C12H30OSi2.C8H8O2.C7H8O/c1-7-9-11-14(3,4)13-15(5,6)12-10-8-2;1-7(9)10-8-5-3-2-4-6-8;1-8-7-5-3-2-4-6-7/h7-12H2,1-6H3;2-6H,1H3;2-6H,1H3. The summed E-state index contributed by atoms with van der Waals surface area (Å²) in [5, 5.41) is 0. The van der Waals surface area contributed by atoms with Crippen LogP contribution in [-0.4, -0.2) is 29.7 Å². The molecule has 186 valence electrons. The first-order valence-corrected chi connectivity index (χ1v) is 18.3. The second kappa shape index (κ2) is 17.6. The maximum atomic E-state index is 10.4. The van der Waals surface area contributed by atoms with Gasteiger partial charge in [0.15, 0.2) is 16.6 Å². The molecule has 0 aliphatic rings. The summed E-state index contributed by atoms with van der Waals surface area (Å²) in [5.41, 5.74) is 0. The molecule has 0 spiro atoms. The predicted molar refractivity (Wildman–Crippen MR) is 146 cm³/mol. The summed E-state index contributed by atoms with van der Waals surface area (Å²) < 4.78 is 16.2. The van der Waals surface area contributed by atoms with Crippen LogP contribution in [0.2, 0.25) is 38.3 Å². The molecule has 2 aromatic carbocycles. The van der Waals surface area contributed by atoms with E-state index in [9.17, 15) is 4.79 Å². The normalized spacial score (nSPS) is 10.8. The van der Waals surface area contributed by atoms with E-state index >= 15 is 0 Å². The average Bonchev–Trinajstić information content (AvgIpc) is 2.77. The minimum Gasteiger partial charge on any atom is -0.497 e. The number of rotatable bonds is 10. The van der Waals surface area contributed by atoms with Crippen LogP contribution in [0.25, 0.3) is 0 Å². The van der Waals surface area contributed by atoms with Crippen molar-refractivity contribution in [1.82, 2.24) is 0 Å². The van der Waals surface area contributed by atoms with Gasteiger partial charge < -0.3 is 13.6 Å². The van der Waals surface area contributed by atoms with Crippen LogP contribution >= 0.6 is 0 Å². The second-order valence-electron chi connectivity index (χ2n) is 9.25. The molecule has 0 aliphatic heterocycles. The lowest BCUT2D eigenvalue weighted by Crippen LogP contribution is -2.44. The highest BCUT2D eigenvalue weighted by atomic mass is 28.4. The number of esters is 1. The third kappa shape index (κ3) is 18.2. The van der Waals surface area contributed by atoms with E-state index in [0.717, 1.165) is 5.75 Å². The van der Waals surface area contributed by atoms with Crippen LogP contribution in [0, 0.1) is 0 Å². The first kappa shape index (κ1) is 31.1. The molecular weight excluding hydrogens is 444 g/mol. The Kier molecular flexibility index (Phi) is 16.6. The zero-order valence-electron chi connectivity index (χ0n) is 22.1. The average molecular weight is 491 g/mol. The molecule has 0 saturated carbocycles. The Labute approximate surface area is 204 Å². The van der Waals surface area contributed by atoms with E-state index in [2.05, 4.69) is 40.0 Å². The van der Waals surface area contributed by atoms with Gasteiger partial charge in [-0.1, -0.05) is 75.9 Å². The number of ether oxygens (including phenoxy) is 2. The Morgan fingerprint density at radius 2 is 1.12 bits per heavy atom. The largest absolute Gasteiger partial charge is 0.497 e. The van der Waals surface area contributed by atoms with Crippen molar-refractivity contribution in [2.24, 2.45) is 0 Å². The van der Waals surface area contributed by atoms with Gasteiger partial charge in [-0.2, -0.15) is 0 Å². The summed E-state index contributed by atoms with van der Waals surface area (Å²) in [7, 11) is -1.03. The molecule has 0 N–H and O–H groups in total. The molecule has 0 bridgehead atoms. The lowest BCUT2D eigenvalue weighted by Gasteiger charge is -2.34. The zero-order chi connectivity index (χ0) is 25.2. The van der Waals surface area contributed by atoms with Crippen LogP contribution in [0.5, 0.6) is 11.5 Å². The van der Waals surface area contributed by atoms with E-state index in [1.165, 1.54) is 44.7 Å². The number of hydrogen-bond donors (Lipinski definition) is 0. The van der Waals surface area contributed by atoms with Crippen molar-refractivity contribution >= 4 is 22.6 Å². The molecule has 2 rings (SSSR count). The van der Waals surface area contributed by atoms with E-state index < -0.39 is 16.6 Å². The Morgan fingerprint density at radius 3 is 1.42 bits per heavy atom. The zero-order valence-corrected chi connectivity index (χ0v) is 24.1. The molecule has 0 unspecified atom stereocenters. The predicted octanol–water partition coefficient (Wildman–Crippen LogP) is 8.32. The molecule has 4 nitrogen and oxygen atoms in total. The molecule has 0 aromatic heterocycles. The molecule has 0 heterocycles. The summed E-state index contributed by atoms with van der Waals surface area (Å²) in [4.78, 5) is 10.4. The van der Waals surface area contributed by atoms with E-state index in [-0.39, 0.29) is 5.97 Å². The number of unbranched alkanes of at least 4 members (excludes halogenated alkanes) is 2. The van der Waals surface area contributed by atoms with E-state index in [4.69, 9.17) is 13.6 Å². The molecule has 0 fully saturated rings. The van der Waals surface area contributed by atoms with E-state index in [1.54, 1.807) is 19.2 Å². The number of para-hydroxylation sites is 2. The van der Waals surface area contributed by atoms with Crippen LogP contribution < -0.4 is 9.47 Å². The van der Waals surface area contributed by atoms with Gasteiger partial charge in [0, 0.05) is 6.92 Å². The third-order valence-corrected chi connectivity index (χ3v) is 12.3. The summed E-state index contributed by atoms with van der Waals surface area (Å²) in [6, 6.07) is 21.3. The first-order chi connectivity index (χ1) is 15.5. The molecule has 0 aliphatic carbocycles. The highest BCUT2D eigenvalue weighted by molar-refractivity contribution is 6.84. The number of hydrogen-bond acceptors (Lipinski definition) is 4. The van der Waals surface area contributed by atoms with Crippen molar-refractivity contribution in [3.05, 3.63) is 60.7 Å². The Bertz CT molecular complexity index is 716. The smallest absolute Gasteiger partial charge is 0.308 e. The lowest BCUT2D eigenvalue weighted by molar-refractivity contribution is -0.131. The summed E-state index contributed by atoms with van der Waals surface area (Å²) in [6.07, 6.45) is 5.29. The van der Waals surface area contributed by atoms with Gasteiger partial charge in [-0.05, 0) is 62.5 Å². The summed E-state index contributed by atoms with van der Waals surface area (Å²) in [5.74, 6) is 1.22. The van der Waals surface area contributed by atoms with Crippen molar-refractivity contribution in [1.29, 1.82) is 0 Å². The lowest BCUT2D eigenvalue weighted by atomic mass is 10.3. The van der Waals surface area contributed by atoms with Crippen molar-refractivity contribution in [3.8, 4) is 11.5 Å². The van der Waals surface area contributed by atoms with Gasteiger partial charge in [0.1, 0.15) is 11.5 Å². The Morgan fingerprint density at radius 1 is 0.727 bits per heavy atom. The van der Waals surface area contributed by atoms with Gasteiger partial charge in [0.25, 0.3) is 0 Å². The van der Waals surface area contributed by atoms with Gasteiger partial charge >= 0.3 is 5.97 Å². The maximum Gasteiger partial charge on any atom is 0.308 e. The Balaban J connectivity index is 0.000000490. The van der Waals surface area contributed by atoms with Gasteiger partial charge in [-0.3, -0.25) is 4.79 Å². The van der Waals surface area contributed by atoms with Gasteiger partial charge in [-0.15, -0.1) is 0 Å². The number of benzene rings is 2. The van der Waals surface area contributed by atoms with Crippen molar-refractivity contribution in [2.45, 2.75) is 84.7 Å². The quantitative estimate of drug-likeness (QED) is 0.191. The summed E-state index contributed by atoms with van der Waals surface area (Å²) >= 11 is 0. The Hall–Kier alpha value is -1.90. The fourth-order valence-corrected chi connectivity index (χ4v) is 12.5. The van der Waals surface area contributed by atoms with Crippen LogP contribution in [0.4, 0.5) is 0 Å². The van der Waals surface area contributed by atoms with Crippen LogP contribution in [0.1, 0.15) is 46.5 Å². The van der Waals surface area contributed by atoms with E-state index in [1.807, 2.05) is 48.5 Å².